The van der Waals surface area contributed by atoms with Gasteiger partial charge in [-0.3, -0.25) is 0 Å². The third-order valence-corrected chi connectivity index (χ3v) is 3.12. The molecule has 1 unspecified atom stereocenters. The van der Waals surface area contributed by atoms with Crippen LogP contribution < -0.4 is 5.32 Å². The van der Waals surface area contributed by atoms with Crippen LogP contribution in [0.1, 0.15) is 0 Å². The smallest absolute Gasteiger partial charge is 0.222 e. The zero-order chi connectivity index (χ0) is 11.6. The fourth-order valence-electron chi connectivity index (χ4n) is 1.22. The Hall–Kier alpha value is -1.89. The molecule has 0 saturated carbocycles. The molecule has 0 bridgehead atoms. The van der Waals surface area contributed by atoms with Gasteiger partial charge in [-0.1, -0.05) is 6.07 Å². The van der Waals surface area contributed by atoms with Crippen LogP contribution in [0.4, 0.5) is 11.6 Å². The molecule has 1 aromatic carbocycles. The van der Waals surface area contributed by atoms with E-state index in [4.69, 9.17) is 4.78 Å². The van der Waals surface area contributed by atoms with Crippen molar-refractivity contribution in [1.82, 2.24) is 15.2 Å². The van der Waals surface area contributed by atoms with Crippen molar-refractivity contribution in [2.24, 2.45) is 0 Å². The van der Waals surface area contributed by atoms with Crippen LogP contribution in [0.25, 0.3) is 0 Å². The van der Waals surface area contributed by atoms with E-state index < -0.39 is 9.73 Å². The lowest BCUT2D eigenvalue weighted by Gasteiger charge is -2.05. The van der Waals surface area contributed by atoms with E-state index in [1.807, 2.05) is 0 Å². The Bertz CT molecular complexity index is 576. The Morgan fingerprint density at radius 1 is 1.50 bits per heavy atom. The summed E-state index contributed by atoms with van der Waals surface area (Å²) in [7, 11) is -2.69. The molecule has 3 N–H and O–H groups in total. The number of aromatic amines is 1. The number of nitrogens with zero attached hydrogens (tertiary/aromatic N) is 2. The molecule has 0 fully saturated rings. The Morgan fingerprint density at radius 3 is 2.94 bits per heavy atom. The van der Waals surface area contributed by atoms with Crippen molar-refractivity contribution in [3.8, 4) is 0 Å². The highest BCUT2D eigenvalue weighted by Crippen LogP contribution is 2.17. The van der Waals surface area contributed by atoms with Gasteiger partial charge in [0, 0.05) is 16.8 Å². The largest absolute Gasteiger partial charge is 0.325 e. The van der Waals surface area contributed by atoms with Crippen molar-refractivity contribution in [2.75, 3.05) is 11.6 Å². The highest BCUT2D eigenvalue weighted by molar-refractivity contribution is 7.91. The summed E-state index contributed by atoms with van der Waals surface area (Å²) in [5.41, 5.74) is 0.719. The zero-order valence-corrected chi connectivity index (χ0v) is 9.41. The molecule has 0 amide bonds. The fourth-order valence-corrected chi connectivity index (χ4v) is 1.91. The molecule has 16 heavy (non-hydrogen) atoms. The number of benzene rings is 1. The molecule has 0 aliphatic carbocycles. The predicted octanol–water partition coefficient (Wildman–Crippen LogP) is 1.58. The molecule has 0 saturated heterocycles. The van der Waals surface area contributed by atoms with E-state index in [-0.39, 0.29) is 0 Å². The van der Waals surface area contributed by atoms with Gasteiger partial charge in [0.25, 0.3) is 0 Å². The zero-order valence-electron chi connectivity index (χ0n) is 8.60. The molecule has 2 aromatic rings. The van der Waals surface area contributed by atoms with Crippen LogP contribution in [-0.2, 0) is 9.73 Å². The van der Waals surface area contributed by atoms with Crippen molar-refractivity contribution in [3.63, 3.8) is 0 Å². The second-order valence-electron chi connectivity index (χ2n) is 3.33. The second kappa shape index (κ2) is 3.93. The van der Waals surface area contributed by atoms with Gasteiger partial charge in [-0.2, -0.15) is 10.1 Å². The van der Waals surface area contributed by atoms with E-state index in [2.05, 4.69) is 20.5 Å². The molecule has 0 aliphatic heterocycles. The van der Waals surface area contributed by atoms with E-state index in [0.29, 0.717) is 10.8 Å². The van der Waals surface area contributed by atoms with Gasteiger partial charge in [-0.25, -0.2) is 14.1 Å². The Balaban J connectivity index is 2.30. The molecule has 0 spiro atoms. The summed E-state index contributed by atoms with van der Waals surface area (Å²) in [6.07, 6.45) is 2.78. The number of hydrogen-bond acceptors (Lipinski definition) is 5. The first-order valence-corrected chi connectivity index (χ1v) is 6.48. The predicted molar refractivity (Wildman–Crippen MR) is 61.2 cm³/mol. The standard InChI is InChI=1S/C9H11N5OS/c1-16(10,15)8-4-2-3-7(5-8)13-9-11-6-12-14-9/h2-6,10H,1H3,(H2,11,12,13,14). The van der Waals surface area contributed by atoms with Crippen molar-refractivity contribution in [2.45, 2.75) is 4.90 Å². The Kier molecular flexibility index (Phi) is 2.61. The van der Waals surface area contributed by atoms with Crippen LogP contribution in [0.5, 0.6) is 0 Å². The molecule has 1 atom stereocenters. The number of rotatable bonds is 3. The van der Waals surface area contributed by atoms with Gasteiger partial charge in [-0.05, 0) is 18.2 Å². The Morgan fingerprint density at radius 2 is 2.31 bits per heavy atom. The van der Waals surface area contributed by atoms with E-state index in [9.17, 15) is 4.21 Å². The highest BCUT2D eigenvalue weighted by atomic mass is 32.2. The minimum absolute atomic E-state index is 0.483. The first kappa shape index (κ1) is 10.6. The van der Waals surface area contributed by atoms with Crippen molar-refractivity contribution >= 4 is 21.4 Å². The lowest BCUT2D eigenvalue weighted by molar-refractivity contribution is 0.679. The average Bonchev–Trinajstić information content (AvgIpc) is 2.70. The monoisotopic (exact) mass is 237 g/mol. The number of anilines is 2. The van der Waals surface area contributed by atoms with Gasteiger partial charge < -0.3 is 5.32 Å². The number of H-pyrrole nitrogens is 1. The van der Waals surface area contributed by atoms with Gasteiger partial charge in [0.2, 0.25) is 5.95 Å². The third-order valence-electron chi connectivity index (χ3n) is 1.96. The summed E-state index contributed by atoms with van der Waals surface area (Å²) in [4.78, 5) is 4.39. The topological polar surface area (TPSA) is 94.5 Å². The van der Waals surface area contributed by atoms with Crippen LogP contribution >= 0.6 is 0 Å². The van der Waals surface area contributed by atoms with Crippen molar-refractivity contribution < 1.29 is 4.21 Å². The van der Waals surface area contributed by atoms with Gasteiger partial charge >= 0.3 is 0 Å². The van der Waals surface area contributed by atoms with Gasteiger partial charge in [0.15, 0.2) is 0 Å². The molecule has 0 radical (unpaired) electrons. The lowest BCUT2D eigenvalue weighted by atomic mass is 10.3. The van der Waals surface area contributed by atoms with E-state index in [0.717, 1.165) is 5.69 Å². The quantitative estimate of drug-likeness (QED) is 0.755. The second-order valence-corrected chi connectivity index (χ2v) is 5.49. The number of hydrogen-bond donors (Lipinski definition) is 3. The SMILES string of the molecule is CS(=N)(=O)c1cccc(Nc2ncn[nH]2)c1. The van der Waals surface area contributed by atoms with E-state index in [1.165, 1.54) is 12.6 Å². The lowest BCUT2D eigenvalue weighted by Crippen LogP contribution is -1.97. The molecular formula is C9H11N5OS. The summed E-state index contributed by atoms with van der Waals surface area (Å²) in [6, 6.07) is 6.88. The summed E-state index contributed by atoms with van der Waals surface area (Å²) in [6.45, 7) is 0. The normalized spacial score (nSPS) is 14.3. The van der Waals surface area contributed by atoms with Crippen molar-refractivity contribution in [1.29, 1.82) is 4.78 Å². The van der Waals surface area contributed by atoms with Gasteiger partial charge in [-0.15, -0.1) is 0 Å². The van der Waals surface area contributed by atoms with Gasteiger partial charge in [0.1, 0.15) is 6.33 Å². The number of aromatic nitrogens is 3. The minimum atomic E-state index is -2.69. The van der Waals surface area contributed by atoms with E-state index >= 15 is 0 Å². The third kappa shape index (κ3) is 2.37. The maximum absolute atomic E-state index is 11.5. The maximum Gasteiger partial charge on any atom is 0.222 e. The molecule has 2 rings (SSSR count). The Labute approximate surface area is 93.1 Å². The first-order chi connectivity index (χ1) is 7.55. The van der Waals surface area contributed by atoms with Crippen LogP contribution in [0.15, 0.2) is 35.5 Å². The van der Waals surface area contributed by atoms with Crippen LogP contribution in [0.3, 0.4) is 0 Å². The molecule has 7 heteroatoms. The highest BCUT2D eigenvalue weighted by Gasteiger charge is 2.04. The molecule has 1 aromatic heterocycles. The van der Waals surface area contributed by atoms with Crippen LogP contribution in [0, 0.1) is 4.78 Å². The first-order valence-electron chi connectivity index (χ1n) is 4.52. The van der Waals surface area contributed by atoms with E-state index in [1.54, 1.807) is 24.3 Å². The van der Waals surface area contributed by atoms with Crippen molar-refractivity contribution in [3.05, 3.63) is 30.6 Å². The summed E-state index contributed by atoms with van der Waals surface area (Å²) < 4.78 is 19.0. The summed E-state index contributed by atoms with van der Waals surface area (Å²) in [5.74, 6) is 0.504. The van der Waals surface area contributed by atoms with Gasteiger partial charge in [0.05, 0.1) is 9.73 Å². The molecule has 84 valence electrons. The maximum atomic E-state index is 11.5. The van der Waals surface area contributed by atoms with Crippen LogP contribution in [-0.4, -0.2) is 25.6 Å². The molecular weight excluding hydrogens is 226 g/mol. The molecule has 0 aliphatic rings. The minimum Gasteiger partial charge on any atom is -0.325 e. The number of nitrogens with one attached hydrogen (secondary N) is 3. The summed E-state index contributed by atoms with van der Waals surface area (Å²) >= 11 is 0. The average molecular weight is 237 g/mol. The molecule has 1 heterocycles. The fraction of sp³-hybridized carbons (Fsp3) is 0.111. The molecule has 6 nitrogen and oxygen atoms in total. The van der Waals surface area contributed by atoms with Crippen LogP contribution in [0.2, 0.25) is 0 Å². The summed E-state index contributed by atoms with van der Waals surface area (Å²) in [5, 5.41) is 9.31.